The van der Waals surface area contributed by atoms with Crippen LogP contribution in [0, 0.1) is 10.5 Å². The Morgan fingerprint density at radius 1 is 1.26 bits per heavy atom. The number of nitrogens with one attached hydrogen (secondary N) is 1. The molecule has 0 atom stereocenters. The summed E-state index contributed by atoms with van der Waals surface area (Å²) in [4.78, 5) is 11.7. The summed E-state index contributed by atoms with van der Waals surface area (Å²) in [5.41, 5.74) is 4.29. The SMILES string of the molecule is COc1ccc(/C=N/NC(=O)COc2ccccc2C)cc1I. The third-order valence-electron chi connectivity index (χ3n) is 3.03. The van der Waals surface area contributed by atoms with Crippen molar-refractivity contribution in [2.75, 3.05) is 13.7 Å². The first-order chi connectivity index (χ1) is 11.1. The smallest absolute Gasteiger partial charge is 0.277 e. The normalized spacial score (nSPS) is 10.6. The first-order valence-electron chi connectivity index (χ1n) is 6.94. The Bertz CT molecular complexity index is 717. The summed E-state index contributed by atoms with van der Waals surface area (Å²) in [6, 6.07) is 13.2. The summed E-state index contributed by atoms with van der Waals surface area (Å²) in [6.45, 7) is 1.85. The maximum Gasteiger partial charge on any atom is 0.277 e. The van der Waals surface area contributed by atoms with Gasteiger partial charge in [-0.05, 0) is 64.9 Å². The molecule has 0 radical (unpaired) electrons. The highest BCUT2D eigenvalue weighted by Crippen LogP contribution is 2.20. The lowest BCUT2D eigenvalue weighted by molar-refractivity contribution is -0.123. The molecule has 23 heavy (non-hydrogen) atoms. The molecule has 0 spiro atoms. The fourth-order valence-electron chi connectivity index (χ4n) is 1.84. The van der Waals surface area contributed by atoms with E-state index in [9.17, 15) is 4.79 Å². The third-order valence-corrected chi connectivity index (χ3v) is 3.87. The van der Waals surface area contributed by atoms with Gasteiger partial charge in [0.25, 0.3) is 5.91 Å². The van der Waals surface area contributed by atoms with E-state index in [1.165, 1.54) is 0 Å². The quantitative estimate of drug-likeness (QED) is 0.441. The van der Waals surface area contributed by atoms with Crippen LogP contribution in [0.25, 0.3) is 0 Å². The highest BCUT2D eigenvalue weighted by atomic mass is 127. The Morgan fingerprint density at radius 3 is 2.74 bits per heavy atom. The van der Waals surface area contributed by atoms with Crippen LogP contribution in [0.5, 0.6) is 11.5 Å². The van der Waals surface area contributed by atoms with Gasteiger partial charge in [0.1, 0.15) is 11.5 Å². The van der Waals surface area contributed by atoms with E-state index in [0.29, 0.717) is 5.75 Å². The molecule has 0 unspecified atom stereocenters. The number of carbonyl (C=O) groups is 1. The van der Waals surface area contributed by atoms with E-state index in [2.05, 4.69) is 33.1 Å². The van der Waals surface area contributed by atoms with E-state index in [0.717, 1.165) is 20.4 Å². The van der Waals surface area contributed by atoms with Crippen molar-refractivity contribution in [3.8, 4) is 11.5 Å². The van der Waals surface area contributed by atoms with Gasteiger partial charge in [-0.3, -0.25) is 4.79 Å². The molecule has 5 nitrogen and oxygen atoms in total. The molecule has 2 rings (SSSR count). The van der Waals surface area contributed by atoms with Gasteiger partial charge in [0.05, 0.1) is 16.9 Å². The number of para-hydroxylation sites is 1. The monoisotopic (exact) mass is 424 g/mol. The highest BCUT2D eigenvalue weighted by molar-refractivity contribution is 14.1. The number of nitrogens with zero attached hydrogens (tertiary/aromatic N) is 1. The van der Waals surface area contributed by atoms with Gasteiger partial charge in [-0.1, -0.05) is 18.2 Å². The summed E-state index contributed by atoms with van der Waals surface area (Å²) >= 11 is 2.18. The second-order valence-corrected chi connectivity index (χ2v) is 5.90. The zero-order valence-electron chi connectivity index (χ0n) is 12.9. The molecule has 0 aromatic heterocycles. The molecule has 1 N–H and O–H groups in total. The topological polar surface area (TPSA) is 59.9 Å². The molecule has 0 aliphatic carbocycles. The number of amides is 1. The zero-order valence-corrected chi connectivity index (χ0v) is 15.0. The zero-order chi connectivity index (χ0) is 16.7. The van der Waals surface area contributed by atoms with Gasteiger partial charge in [-0.2, -0.15) is 5.10 Å². The largest absolute Gasteiger partial charge is 0.496 e. The number of aryl methyl sites for hydroxylation is 1. The van der Waals surface area contributed by atoms with E-state index >= 15 is 0 Å². The fraction of sp³-hybridized carbons (Fsp3) is 0.176. The molecule has 0 aliphatic rings. The average Bonchev–Trinajstić information content (AvgIpc) is 2.54. The van der Waals surface area contributed by atoms with E-state index < -0.39 is 0 Å². The Morgan fingerprint density at radius 2 is 2.04 bits per heavy atom. The molecule has 1 amide bonds. The van der Waals surface area contributed by atoms with Crippen molar-refractivity contribution in [3.05, 3.63) is 57.2 Å². The van der Waals surface area contributed by atoms with Crippen molar-refractivity contribution in [1.29, 1.82) is 0 Å². The van der Waals surface area contributed by atoms with Crippen LogP contribution in [0.4, 0.5) is 0 Å². The van der Waals surface area contributed by atoms with Crippen molar-refractivity contribution in [2.45, 2.75) is 6.92 Å². The van der Waals surface area contributed by atoms with Gasteiger partial charge in [-0.15, -0.1) is 0 Å². The molecule has 0 bridgehead atoms. The maximum atomic E-state index is 11.7. The Hall–Kier alpha value is -2.09. The summed E-state index contributed by atoms with van der Waals surface area (Å²) in [7, 11) is 1.62. The minimum Gasteiger partial charge on any atom is -0.496 e. The summed E-state index contributed by atoms with van der Waals surface area (Å²) in [5.74, 6) is 1.18. The van der Waals surface area contributed by atoms with Gasteiger partial charge in [0, 0.05) is 0 Å². The number of hydrogen-bond donors (Lipinski definition) is 1. The van der Waals surface area contributed by atoms with Crippen molar-refractivity contribution in [1.82, 2.24) is 5.43 Å². The molecule has 0 saturated carbocycles. The number of hydrazone groups is 1. The van der Waals surface area contributed by atoms with Crippen molar-refractivity contribution in [3.63, 3.8) is 0 Å². The van der Waals surface area contributed by atoms with Crippen molar-refractivity contribution in [2.24, 2.45) is 5.10 Å². The van der Waals surface area contributed by atoms with E-state index in [1.54, 1.807) is 13.3 Å². The predicted molar refractivity (Wildman–Crippen MR) is 98.1 cm³/mol. The second kappa shape index (κ2) is 8.52. The van der Waals surface area contributed by atoms with Gasteiger partial charge in [0.15, 0.2) is 6.61 Å². The van der Waals surface area contributed by atoms with Crippen LogP contribution in [-0.2, 0) is 4.79 Å². The lowest BCUT2D eigenvalue weighted by atomic mass is 10.2. The number of hydrogen-bond acceptors (Lipinski definition) is 4. The standard InChI is InChI=1S/C17H17IN2O3/c1-12-5-3-4-6-15(12)23-11-17(21)20-19-10-13-7-8-16(22-2)14(18)9-13/h3-10H,11H2,1-2H3,(H,20,21)/b19-10+. The molecule has 6 heteroatoms. The summed E-state index contributed by atoms with van der Waals surface area (Å²) < 4.78 is 11.6. The van der Waals surface area contributed by atoms with Gasteiger partial charge >= 0.3 is 0 Å². The number of methoxy groups -OCH3 is 1. The molecule has 0 fully saturated rings. The first kappa shape index (κ1) is 17.3. The lowest BCUT2D eigenvalue weighted by Gasteiger charge is -2.07. The number of benzene rings is 2. The lowest BCUT2D eigenvalue weighted by Crippen LogP contribution is -2.24. The minimum atomic E-state index is -0.312. The molecule has 0 saturated heterocycles. The summed E-state index contributed by atoms with van der Waals surface area (Å²) in [5, 5.41) is 3.92. The maximum absolute atomic E-state index is 11.7. The summed E-state index contributed by atoms with van der Waals surface area (Å²) in [6.07, 6.45) is 1.58. The molecule has 2 aromatic carbocycles. The third kappa shape index (κ3) is 5.24. The van der Waals surface area contributed by atoms with Gasteiger partial charge < -0.3 is 9.47 Å². The Labute approximate surface area is 148 Å². The predicted octanol–water partition coefficient (Wildman–Crippen LogP) is 3.14. The first-order valence-corrected chi connectivity index (χ1v) is 8.02. The van der Waals surface area contributed by atoms with Crippen LogP contribution in [0.1, 0.15) is 11.1 Å². The number of carbonyl (C=O) groups excluding carboxylic acids is 1. The Kier molecular flexibility index (Phi) is 6.40. The Balaban J connectivity index is 1.84. The molecular formula is C17H17IN2O3. The fourth-order valence-corrected chi connectivity index (χ4v) is 2.60. The van der Waals surface area contributed by atoms with Gasteiger partial charge in [0.2, 0.25) is 0 Å². The van der Waals surface area contributed by atoms with E-state index in [-0.39, 0.29) is 12.5 Å². The highest BCUT2D eigenvalue weighted by Gasteiger charge is 2.03. The van der Waals surface area contributed by atoms with E-state index in [1.807, 2.05) is 49.4 Å². The molecular weight excluding hydrogens is 407 g/mol. The van der Waals surface area contributed by atoms with Crippen LogP contribution in [0.15, 0.2) is 47.6 Å². The number of ether oxygens (including phenoxy) is 2. The van der Waals surface area contributed by atoms with Crippen LogP contribution >= 0.6 is 22.6 Å². The molecule has 2 aromatic rings. The van der Waals surface area contributed by atoms with E-state index in [4.69, 9.17) is 9.47 Å². The van der Waals surface area contributed by atoms with Crippen LogP contribution in [-0.4, -0.2) is 25.8 Å². The number of halogens is 1. The average molecular weight is 424 g/mol. The molecule has 0 aliphatic heterocycles. The van der Waals surface area contributed by atoms with Crippen LogP contribution < -0.4 is 14.9 Å². The van der Waals surface area contributed by atoms with Crippen LogP contribution in [0.2, 0.25) is 0 Å². The number of rotatable bonds is 6. The molecule has 120 valence electrons. The minimum absolute atomic E-state index is 0.0810. The molecule has 0 heterocycles. The van der Waals surface area contributed by atoms with Crippen LogP contribution in [0.3, 0.4) is 0 Å². The van der Waals surface area contributed by atoms with Crippen molar-refractivity contribution >= 4 is 34.7 Å². The van der Waals surface area contributed by atoms with Crippen molar-refractivity contribution < 1.29 is 14.3 Å². The second-order valence-electron chi connectivity index (χ2n) is 4.74. The van der Waals surface area contributed by atoms with Gasteiger partial charge in [-0.25, -0.2) is 5.43 Å².